The molecule has 2 N–H and O–H groups in total. The monoisotopic (exact) mass is 273 g/mol. The van der Waals surface area contributed by atoms with Gasteiger partial charge in [0.15, 0.2) is 0 Å². The molecule has 2 rings (SSSR count). The molecular weight excluding hydrogens is 250 g/mol. The summed E-state index contributed by atoms with van der Waals surface area (Å²) < 4.78 is 1.99. The minimum absolute atomic E-state index is 0.0514. The summed E-state index contributed by atoms with van der Waals surface area (Å²) in [4.78, 5) is 11.7. The minimum Gasteiger partial charge on any atom is -0.355 e. The molecule has 0 saturated carbocycles. The molecule has 0 bridgehead atoms. The van der Waals surface area contributed by atoms with Gasteiger partial charge in [-0.1, -0.05) is 19.9 Å². The van der Waals surface area contributed by atoms with Crippen molar-refractivity contribution in [3.05, 3.63) is 36.0 Å². The predicted molar refractivity (Wildman–Crippen MR) is 82.6 cm³/mol. The van der Waals surface area contributed by atoms with Crippen molar-refractivity contribution in [1.29, 1.82) is 0 Å². The molecule has 0 fully saturated rings. The quantitative estimate of drug-likeness (QED) is 0.848. The summed E-state index contributed by atoms with van der Waals surface area (Å²) in [6.45, 7) is 8.13. The molecule has 0 aliphatic carbocycles. The van der Waals surface area contributed by atoms with Gasteiger partial charge >= 0.3 is 0 Å². The zero-order valence-electron chi connectivity index (χ0n) is 12.4. The van der Waals surface area contributed by atoms with Crippen LogP contribution in [0.15, 0.2) is 30.5 Å². The second kappa shape index (κ2) is 6.57. The van der Waals surface area contributed by atoms with E-state index in [4.69, 9.17) is 0 Å². The van der Waals surface area contributed by atoms with Gasteiger partial charge in [0.1, 0.15) is 6.54 Å². The Morgan fingerprint density at radius 2 is 2.10 bits per heavy atom. The van der Waals surface area contributed by atoms with Crippen LogP contribution in [0.2, 0.25) is 0 Å². The summed E-state index contributed by atoms with van der Waals surface area (Å²) in [6.07, 6.45) is 1.97. The van der Waals surface area contributed by atoms with E-state index in [1.54, 1.807) is 0 Å². The maximum absolute atomic E-state index is 11.7. The number of nitrogens with zero attached hydrogens (tertiary/aromatic N) is 1. The number of nitrogens with one attached hydrogen (secondary N) is 2. The van der Waals surface area contributed by atoms with Gasteiger partial charge < -0.3 is 15.2 Å². The first kappa shape index (κ1) is 14.6. The van der Waals surface area contributed by atoms with Crippen LogP contribution in [0.1, 0.15) is 26.3 Å². The molecular formula is C16H23N3O. The van der Waals surface area contributed by atoms with Gasteiger partial charge in [0, 0.05) is 30.8 Å². The van der Waals surface area contributed by atoms with Gasteiger partial charge in [0.25, 0.3) is 0 Å². The number of hydrogen-bond acceptors (Lipinski definition) is 2. The Labute approximate surface area is 120 Å². The Bertz CT molecular complexity index is 586. The highest BCUT2D eigenvalue weighted by Crippen LogP contribution is 2.17. The molecule has 4 nitrogen and oxygen atoms in total. The van der Waals surface area contributed by atoms with Gasteiger partial charge in [-0.3, -0.25) is 4.79 Å². The molecule has 20 heavy (non-hydrogen) atoms. The van der Waals surface area contributed by atoms with Gasteiger partial charge in [0.05, 0.1) is 0 Å². The number of likely N-dealkylation sites (N-methyl/N-ethyl adjacent to an activating group) is 1. The summed E-state index contributed by atoms with van der Waals surface area (Å²) in [5.74, 6) is 0.0514. The van der Waals surface area contributed by atoms with Crippen molar-refractivity contribution >= 4 is 16.8 Å². The van der Waals surface area contributed by atoms with Crippen LogP contribution in [0.5, 0.6) is 0 Å². The highest BCUT2D eigenvalue weighted by atomic mass is 16.1. The highest BCUT2D eigenvalue weighted by molar-refractivity contribution is 5.83. The third-order valence-corrected chi connectivity index (χ3v) is 3.24. The molecule has 0 aliphatic rings. The Morgan fingerprint density at radius 3 is 2.80 bits per heavy atom. The summed E-state index contributed by atoms with van der Waals surface area (Å²) in [5, 5.41) is 7.41. The minimum atomic E-state index is 0.0514. The lowest BCUT2D eigenvalue weighted by atomic mass is 10.1. The van der Waals surface area contributed by atoms with Gasteiger partial charge in [-0.15, -0.1) is 0 Å². The van der Waals surface area contributed by atoms with Crippen molar-refractivity contribution in [2.24, 2.45) is 0 Å². The van der Waals surface area contributed by atoms with E-state index in [-0.39, 0.29) is 5.91 Å². The molecule has 0 atom stereocenters. The van der Waals surface area contributed by atoms with Gasteiger partial charge in [-0.25, -0.2) is 0 Å². The summed E-state index contributed by atoms with van der Waals surface area (Å²) in [6, 6.07) is 8.93. The number of hydrogen-bond donors (Lipinski definition) is 2. The number of amides is 1. The van der Waals surface area contributed by atoms with E-state index >= 15 is 0 Å². The molecule has 2 aromatic rings. The van der Waals surface area contributed by atoms with Crippen LogP contribution in [0.3, 0.4) is 0 Å². The Kier molecular flexibility index (Phi) is 4.79. The zero-order valence-corrected chi connectivity index (χ0v) is 12.4. The maximum Gasteiger partial charge on any atom is 0.239 e. The molecule has 1 heterocycles. The fourth-order valence-corrected chi connectivity index (χ4v) is 2.23. The number of benzene rings is 1. The first-order valence-electron chi connectivity index (χ1n) is 7.18. The van der Waals surface area contributed by atoms with Crippen molar-refractivity contribution in [3.63, 3.8) is 0 Å². The van der Waals surface area contributed by atoms with Gasteiger partial charge in [-0.05, 0) is 36.1 Å². The lowest BCUT2D eigenvalue weighted by Crippen LogP contribution is -2.26. The fraction of sp³-hybridized carbons (Fsp3) is 0.438. The maximum atomic E-state index is 11.7. The second-order valence-electron chi connectivity index (χ2n) is 5.33. The first-order chi connectivity index (χ1) is 9.60. The van der Waals surface area contributed by atoms with E-state index in [0.29, 0.717) is 19.1 Å². The van der Waals surface area contributed by atoms with Gasteiger partial charge in [0.2, 0.25) is 5.91 Å². The number of fused-ring (bicyclic) bond motifs is 1. The lowest BCUT2D eigenvalue weighted by molar-refractivity contribution is -0.121. The summed E-state index contributed by atoms with van der Waals surface area (Å²) in [7, 11) is 0. The molecule has 0 radical (unpaired) electrons. The Balaban J connectivity index is 2.14. The van der Waals surface area contributed by atoms with Crippen LogP contribution in [-0.2, 0) is 17.9 Å². The van der Waals surface area contributed by atoms with E-state index in [9.17, 15) is 4.79 Å². The van der Waals surface area contributed by atoms with Crippen LogP contribution in [0.4, 0.5) is 0 Å². The lowest BCUT2D eigenvalue weighted by Gasteiger charge is -2.09. The number of carbonyl (C=O) groups is 1. The highest BCUT2D eigenvalue weighted by Gasteiger charge is 2.06. The Hall–Kier alpha value is -1.81. The second-order valence-corrected chi connectivity index (χ2v) is 5.33. The normalized spacial score (nSPS) is 11.2. The number of carbonyl (C=O) groups excluding carboxylic acids is 1. The van der Waals surface area contributed by atoms with Crippen molar-refractivity contribution < 1.29 is 4.79 Å². The zero-order chi connectivity index (χ0) is 14.5. The SMILES string of the molecule is CCNC(=O)Cn1ccc2cc(CNC(C)C)ccc21. The summed E-state index contributed by atoms with van der Waals surface area (Å²) >= 11 is 0. The van der Waals surface area contributed by atoms with Crippen LogP contribution >= 0.6 is 0 Å². The summed E-state index contributed by atoms with van der Waals surface area (Å²) in [5.41, 5.74) is 2.37. The first-order valence-corrected chi connectivity index (χ1v) is 7.18. The average Bonchev–Trinajstić information content (AvgIpc) is 2.79. The van der Waals surface area contributed by atoms with Crippen molar-refractivity contribution in [2.45, 2.75) is 39.9 Å². The van der Waals surface area contributed by atoms with E-state index in [1.165, 1.54) is 10.9 Å². The molecule has 108 valence electrons. The van der Waals surface area contributed by atoms with Crippen molar-refractivity contribution in [2.75, 3.05) is 6.54 Å². The molecule has 0 saturated heterocycles. The van der Waals surface area contributed by atoms with Crippen molar-refractivity contribution in [3.8, 4) is 0 Å². The van der Waals surface area contributed by atoms with E-state index in [2.05, 4.69) is 48.7 Å². The third-order valence-electron chi connectivity index (χ3n) is 3.24. The van der Waals surface area contributed by atoms with E-state index in [1.807, 2.05) is 17.7 Å². The van der Waals surface area contributed by atoms with Crippen LogP contribution < -0.4 is 10.6 Å². The molecule has 1 aromatic carbocycles. The molecule has 0 unspecified atom stereocenters. The van der Waals surface area contributed by atoms with Crippen LogP contribution in [0.25, 0.3) is 10.9 Å². The van der Waals surface area contributed by atoms with E-state index < -0.39 is 0 Å². The number of aromatic nitrogens is 1. The van der Waals surface area contributed by atoms with Gasteiger partial charge in [-0.2, -0.15) is 0 Å². The molecule has 4 heteroatoms. The smallest absolute Gasteiger partial charge is 0.239 e. The molecule has 0 aliphatic heterocycles. The van der Waals surface area contributed by atoms with Crippen molar-refractivity contribution in [1.82, 2.24) is 15.2 Å². The topological polar surface area (TPSA) is 46.1 Å². The predicted octanol–water partition coefficient (Wildman–Crippen LogP) is 2.28. The largest absolute Gasteiger partial charge is 0.355 e. The van der Waals surface area contributed by atoms with Crippen LogP contribution in [0, 0.1) is 0 Å². The molecule has 0 spiro atoms. The molecule has 1 aromatic heterocycles. The average molecular weight is 273 g/mol. The third kappa shape index (κ3) is 3.61. The van der Waals surface area contributed by atoms with Crippen LogP contribution in [-0.4, -0.2) is 23.1 Å². The fourth-order valence-electron chi connectivity index (χ4n) is 2.23. The molecule has 1 amide bonds. The standard InChI is InChI=1S/C16H23N3O/c1-4-17-16(20)11-19-8-7-14-9-13(5-6-15(14)19)10-18-12(2)3/h5-9,12,18H,4,10-11H2,1-3H3,(H,17,20). The number of rotatable bonds is 6. The van der Waals surface area contributed by atoms with E-state index in [0.717, 1.165) is 12.1 Å². The Morgan fingerprint density at radius 1 is 1.30 bits per heavy atom.